The summed E-state index contributed by atoms with van der Waals surface area (Å²) in [6.45, 7) is 2.15. The van der Waals surface area contributed by atoms with Crippen LogP contribution in [-0.4, -0.2) is 22.4 Å². The monoisotopic (exact) mass is 341 g/mol. The van der Waals surface area contributed by atoms with E-state index in [0.29, 0.717) is 0 Å². The van der Waals surface area contributed by atoms with Crippen molar-refractivity contribution in [2.24, 2.45) is 0 Å². The van der Waals surface area contributed by atoms with Crippen molar-refractivity contribution in [1.29, 1.82) is 0 Å². The molecule has 0 aromatic heterocycles. The minimum atomic E-state index is -0.356. The number of hydrogen-bond acceptors (Lipinski definition) is 4. The quantitative estimate of drug-likeness (QED) is 0.742. The van der Waals surface area contributed by atoms with Gasteiger partial charge in [0.25, 0.3) is 0 Å². The lowest BCUT2D eigenvalue weighted by atomic mass is 9.95. The second-order valence-electron chi connectivity index (χ2n) is 6.80. The van der Waals surface area contributed by atoms with Crippen LogP contribution in [0, 0.1) is 0 Å². The number of ether oxygens (including phenoxy) is 1. The highest BCUT2D eigenvalue weighted by molar-refractivity contribution is 5.48. The standard InChI is InChI=1S/C21H27NO3/c1-15(17-6-4-5-16(13-17)14-23)22-18-9-11-19(12-10-18)25-21-8-3-2-7-20(21)24/h4-6,9-13,15,20-24H,2-3,7-8,14H2,1H3. The Balaban J connectivity index is 1.60. The summed E-state index contributed by atoms with van der Waals surface area (Å²) in [5.74, 6) is 0.798. The molecule has 0 aliphatic heterocycles. The summed E-state index contributed by atoms with van der Waals surface area (Å²) >= 11 is 0. The highest BCUT2D eigenvalue weighted by Crippen LogP contribution is 2.26. The predicted octanol–water partition coefficient (Wildman–Crippen LogP) is 4.03. The molecule has 2 aromatic carbocycles. The number of aliphatic hydroxyl groups is 2. The van der Waals surface area contributed by atoms with Gasteiger partial charge in [-0.05, 0) is 61.6 Å². The van der Waals surface area contributed by atoms with Gasteiger partial charge >= 0.3 is 0 Å². The largest absolute Gasteiger partial charge is 0.488 e. The van der Waals surface area contributed by atoms with Gasteiger partial charge in [-0.1, -0.05) is 30.7 Å². The molecular weight excluding hydrogens is 314 g/mol. The van der Waals surface area contributed by atoms with E-state index in [2.05, 4.69) is 18.3 Å². The Morgan fingerprint density at radius 3 is 2.60 bits per heavy atom. The molecule has 134 valence electrons. The van der Waals surface area contributed by atoms with Gasteiger partial charge in [0.15, 0.2) is 0 Å². The van der Waals surface area contributed by atoms with Crippen LogP contribution in [-0.2, 0) is 6.61 Å². The van der Waals surface area contributed by atoms with Gasteiger partial charge < -0.3 is 20.3 Å². The molecule has 25 heavy (non-hydrogen) atoms. The number of benzene rings is 2. The van der Waals surface area contributed by atoms with Crippen LogP contribution in [0.1, 0.15) is 49.8 Å². The van der Waals surface area contributed by atoms with E-state index in [1.807, 2.05) is 42.5 Å². The highest BCUT2D eigenvalue weighted by Gasteiger charge is 2.24. The van der Waals surface area contributed by atoms with Crippen molar-refractivity contribution >= 4 is 5.69 Å². The summed E-state index contributed by atoms with van der Waals surface area (Å²) in [7, 11) is 0. The van der Waals surface area contributed by atoms with Crippen molar-refractivity contribution in [3.63, 3.8) is 0 Å². The molecule has 0 heterocycles. The van der Waals surface area contributed by atoms with Crippen LogP contribution in [0.5, 0.6) is 5.75 Å². The van der Waals surface area contributed by atoms with E-state index in [1.165, 1.54) is 0 Å². The van der Waals surface area contributed by atoms with Crippen molar-refractivity contribution in [3.05, 3.63) is 59.7 Å². The molecule has 3 unspecified atom stereocenters. The number of hydrogen-bond donors (Lipinski definition) is 3. The molecule has 1 aliphatic rings. The van der Waals surface area contributed by atoms with Gasteiger partial charge in [-0.3, -0.25) is 0 Å². The zero-order chi connectivity index (χ0) is 17.6. The summed E-state index contributed by atoms with van der Waals surface area (Å²) in [6.07, 6.45) is 3.50. The van der Waals surface area contributed by atoms with E-state index in [4.69, 9.17) is 4.74 Å². The summed E-state index contributed by atoms with van der Waals surface area (Å²) < 4.78 is 5.94. The third-order valence-electron chi connectivity index (χ3n) is 4.83. The van der Waals surface area contributed by atoms with Gasteiger partial charge in [0.1, 0.15) is 11.9 Å². The summed E-state index contributed by atoms with van der Waals surface area (Å²) in [5, 5.41) is 22.7. The van der Waals surface area contributed by atoms with E-state index in [-0.39, 0.29) is 24.9 Å². The maximum absolute atomic E-state index is 10.0. The molecule has 1 saturated carbocycles. The van der Waals surface area contributed by atoms with E-state index in [9.17, 15) is 10.2 Å². The van der Waals surface area contributed by atoms with Gasteiger partial charge in [0, 0.05) is 11.7 Å². The first kappa shape index (κ1) is 17.8. The maximum Gasteiger partial charge on any atom is 0.124 e. The average Bonchev–Trinajstić information content (AvgIpc) is 2.65. The Morgan fingerprint density at radius 1 is 1.12 bits per heavy atom. The fraction of sp³-hybridized carbons (Fsp3) is 0.429. The van der Waals surface area contributed by atoms with Gasteiger partial charge in [-0.2, -0.15) is 0 Å². The number of aliphatic hydroxyl groups excluding tert-OH is 2. The van der Waals surface area contributed by atoms with Crippen molar-refractivity contribution in [1.82, 2.24) is 0 Å². The Bertz CT molecular complexity index is 671. The van der Waals surface area contributed by atoms with Crippen LogP contribution in [0.2, 0.25) is 0 Å². The molecule has 0 amide bonds. The lowest BCUT2D eigenvalue weighted by Crippen LogP contribution is -2.34. The number of rotatable bonds is 6. The normalized spacial score (nSPS) is 21.6. The Labute approximate surface area is 149 Å². The van der Waals surface area contributed by atoms with E-state index < -0.39 is 0 Å². The Hall–Kier alpha value is -2.04. The van der Waals surface area contributed by atoms with Gasteiger partial charge in [0.2, 0.25) is 0 Å². The first-order valence-corrected chi connectivity index (χ1v) is 9.07. The van der Waals surface area contributed by atoms with Crippen molar-refractivity contribution in [3.8, 4) is 5.75 Å². The molecule has 4 nitrogen and oxygen atoms in total. The molecule has 2 aromatic rings. The molecular formula is C21H27NO3. The fourth-order valence-corrected chi connectivity index (χ4v) is 3.31. The number of nitrogens with one attached hydrogen (secondary N) is 1. The lowest BCUT2D eigenvalue weighted by molar-refractivity contribution is 0.00688. The minimum Gasteiger partial charge on any atom is -0.488 e. The lowest BCUT2D eigenvalue weighted by Gasteiger charge is -2.28. The molecule has 0 bridgehead atoms. The van der Waals surface area contributed by atoms with Gasteiger partial charge in [-0.15, -0.1) is 0 Å². The van der Waals surface area contributed by atoms with E-state index >= 15 is 0 Å². The van der Waals surface area contributed by atoms with Crippen LogP contribution < -0.4 is 10.1 Å². The maximum atomic E-state index is 10.0. The molecule has 3 atom stereocenters. The topological polar surface area (TPSA) is 61.7 Å². The van der Waals surface area contributed by atoms with Crippen LogP contribution in [0.15, 0.2) is 48.5 Å². The first-order chi connectivity index (χ1) is 12.2. The summed E-state index contributed by atoms with van der Waals surface area (Å²) in [4.78, 5) is 0. The predicted molar refractivity (Wildman–Crippen MR) is 99.7 cm³/mol. The first-order valence-electron chi connectivity index (χ1n) is 9.07. The van der Waals surface area contributed by atoms with Gasteiger partial charge in [0.05, 0.1) is 12.7 Å². The number of anilines is 1. The van der Waals surface area contributed by atoms with Gasteiger partial charge in [-0.25, -0.2) is 0 Å². The van der Waals surface area contributed by atoms with Crippen LogP contribution in [0.3, 0.4) is 0 Å². The third kappa shape index (κ3) is 4.74. The third-order valence-corrected chi connectivity index (χ3v) is 4.83. The molecule has 0 radical (unpaired) electrons. The van der Waals surface area contributed by atoms with Crippen molar-refractivity contribution in [2.45, 2.75) is 57.5 Å². The van der Waals surface area contributed by atoms with E-state index in [1.54, 1.807) is 0 Å². The van der Waals surface area contributed by atoms with Crippen LogP contribution in [0.4, 0.5) is 5.69 Å². The van der Waals surface area contributed by atoms with E-state index in [0.717, 1.165) is 48.2 Å². The Morgan fingerprint density at radius 2 is 1.88 bits per heavy atom. The van der Waals surface area contributed by atoms with Crippen molar-refractivity contribution in [2.75, 3.05) is 5.32 Å². The Kier molecular flexibility index (Phi) is 5.95. The molecule has 3 rings (SSSR count). The van der Waals surface area contributed by atoms with Crippen LogP contribution >= 0.6 is 0 Å². The summed E-state index contributed by atoms with van der Waals surface area (Å²) in [6, 6.07) is 16.0. The second kappa shape index (κ2) is 8.37. The fourth-order valence-electron chi connectivity index (χ4n) is 3.31. The SMILES string of the molecule is CC(Nc1ccc(OC2CCCCC2O)cc1)c1cccc(CO)c1. The molecule has 1 aliphatic carbocycles. The molecule has 3 N–H and O–H groups in total. The molecule has 0 spiro atoms. The van der Waals surface area contributed by atoms with Crippen LogP contribution in [0.25, 0.3) is 0 Å². The average molecular weight is 341 g/mol. The second-order valence-corrected chi connectivity index (χ2v) is 6.80. The zero-order valence-corrected chi connectivity index (χ0v) is 14.7. The smallest absolute Gasteiger partial charge is 0.124 e. The zero-order valence-electron chi connectivity index (χ0n) is 14.7. The van der Waals surface area contributed by atoms with Crippen molar-refractivity contribution < 1.29 is 14.9 Å². The molecule has 0 saturated heterocycles. The molecule has 4 heteroatoms. The minimum absolute atomic E-state index is 0.0552. The molecule has 1 fully saturated rings. The summed E-state index contributed by atoms with van der Waals surface area (Å²) in [5.41, 5.74) is 3.07. The highest BCUT2D eigenvalue weighted by atomic mass is 16.5.